The number of aromatic nitrogens is 2. The van der Waals surface area contributed by atoms with Crippen LogP contribution in [0.2, 0.25) is 0 Å². The second-order valence-corrected chi connectivity index (χ2v) is 6.93. The quantitative estimate of drug-likeness (QED) is 0.529. The fourth-order valence-electron chi connectivity index (χ4n) is 2.89. The van der Waals surface area contributed by atoms with Gasteiger partial charge in [0.05, 0.1) is 28.7 Å². The smallest absolute Gasteiger partial charge is 0.343 e. The minimum Gasteiger partial charge on any atom is -0.343 e. The van der Waals surface area contributed by atoms with Gasteiger partial charge in [-0.15, -0.1) is 0 Å². The van der Waals surface area contributed by atoms with Gasteiger partial charge in [0, 0.05) is 11.3 Å². The molecule has 33 heavy (non-hydrogen) atoms. The number of carbonyl (C=O) groups excluding carboxylic acids is 2. The third-order valence-corrected chi connectivity index (χ3v) is 4.53. The lowest BCUT2D eigenvalue weighted by atomic mass is 10.1. The van der Waals surface area contributed by atoms with Crippen molar-refractivity contribution in [1.29, 1.82) is 0 Å². The molecule has 3 rings (SSSR count). The Morgan fingerprint density at radius 1 is 0.970 bits per heavy atom. The van der Waals surface area contributed by atoms with Crippen LogP contribution in [0, 0.1) is 6.92 Å². The fraction of sp³-hybridized carbons (Fsp3) is 0.190. The van der Waals surface area contributed by atoms with E-state index in [1.807, 2.05) is 0 Å². The summed E-state index contributed by atoms with van der Waals surface area (Å²) in [5, 5.41) is 8.26. The molecule has 0 bridgehead atoms. The summed E-state index contributed by atoms with van der Waals surface area (Å²) >= 11 is 0. The summed E-state index contributed by atoms with van der Waals surface area (Å²) in [7, 11) is 0. The van der Waals surface area contributed by atoms with E-state index in [1.54, 1.807) is 5.32 Å². The van der Waals surface area contributed by atoms with E-state index in [-0.39, 0.29) is 28.2 Å². The van der Waals surface area contributed by atoms with E-state index in [2.05, 4.69) is 10.4 Å². The number of nitrogens with one attached hydrogen (secondary N) is 2. The Balaban J connectivity index is 1.72. The highest BCUT2D eigenvalue weighted by Crippen LogP contribution is 2.30. The predicted molar refractivity (Wildman–Crippen MR) is 106 cm³/mol. The van der Waals surface area contributed by atoms with E-state index in [0.717, 1.165) is 12.1 Å². The molecule has 0 saturated carbocycles. The van der Waals surface area contributed by atoms with Crippen LogP contribution in [-0.2, 0) is 6.18 Å². The number of hydrogen-bond acceptors (Lipinski definition) is 3. The van der Waals surface area contributed by atoms with E-state index in [9.17, 15) is 35.9 Å². The van der Waals surface area contributed by atoms with Gasteiger partial charge >= 0.3 is 12.4 Å². The number of amides is 2. The molecule has 0 saturated heterocycles. The molecule has 2 N–H and O–H groups in total. The lowest BCUT2D eigenvalue weighted by molar-refractivity contribution is -0.137. The summed E-state index contributed by atoms with van der Waals surface area (Å²) in [6.07, 6.45) is -7.88. The van der Waals surface area contributed by atoms with Crippen LogP contribution < -0.4 is 10.6 Å². The van der Waals surface area contributed by atoms with Gasteiger partial charge < -0.3 is 10.6 Å². The van der Waals surface area contributed by atoms with E-state index in [0.29, 0.717) is 0 Å². The van der Waals surface area contributed by atoms with Gasteiger partial charge in [-0.25, -0.2) is 4.68 Å². The molecule has 0 fully saturated rings. The summed E-state index contributed by atoms with van der Waals surface area (Å²) in [4.78, 5) is 24.3. The van der Waals surface area contributed by atoms with Crippen molar-refractivity contribution in [3.63, 3.8) is 0 Å². The minimum absolute atomic E-state index is 0.0363. The van der Waals surface area contributed by atoms with Crippen LogP contribution in [0.5, 0.6) is 0 Å². The molecule has 1 aromatic heterocycles. The SMILES string of the molecule is Cc1c(C(=O)Nc2ccc(C(=O)NCC(F)(F)F)cc2)cnn1-c1cccc(C(F)(F)F)c1. The molecular formula is C21H16F6N4O2. The summed E-state index contributed by atoms with van der Waals surface area (Å²) < 4.78 is 76.7. The van der Waals surface area contributed by atoms with Gasteiger partial charge in [-0.2, -0.15) is 31.4 Å². The molecule has 0 unspecified atom stereocenters. The number of carbonyl (C=O) groups is 2. The summed E-state index contributed by atoms with van der Waals surface area (Å²) in [6.45, 7) is 0.0374. The maximum atomic E-state index is 13.0. The predicted octanol–water partition coefficient (Wildman–Crippen LogP) is 4.74. The molecule has 0 aliphatic heterocycles. The van der Waals surface area contributed by atoms with E-state index >= 15 is 0 Å². The Morgan fingerprint density at radius 3 is 2.24 bits per heavy atom. The fourth-order valence-corrected chi connectivity index (χ4v) is 2.89. The maximum absolute atomic E-state index is 13.0. The third-order valence-electron chi connectivity index (χ3n) is 4.53. The first-order valence-electron chi connectivity index (χ1n) is 9.34. The Morgan fingerprint density at radius 2 is 1.64 bits per heavy atom. The average molecular weight is 470 g/mol. The van der Waals surface area contributed by atoms with E-state index in [4.69, 9.17) is 0 Å². The van der Waals surface area contributed by atoms with Gasteiger partial charge in [0.25, 0.3) is 11.8 Å². The average Bonchev–Trinajstić information content (AvgIpc) is 3.13. The normalized spacial score (nSPS) is 11.8. The standard InChI is InChI=1S/C21H16F6N4O2/c1-12-17(10-29-31(12)16-4-2-3-14(9-16)21(25,26)27)19(33)30-15-7-5-13(6-8-15)18(32)28-11-20(22,23)24/h2-10H,11H2,1H3,(H,28,32)(H,30,33). The van der Waals surface area contributed by atoms with Crippen molar-refractivity contribution in [3.05, 3.63) is 77.1 Å². The number of anilines is 1. The summed E-state index contributed by atoms with van der Waals surface area (Å²) in [6, 6.07) is 9.60. The highest BCUT2D eigenvalue weighted by Gasteiger charge is 2.31. The van der Waals surface area contributed by atoms with Crippen LogP contribution in [0.1, 0.15) is 32.0 Å². The number of alkyl halides is 6. The van der Waals surface area contributed by atoms with Crippen LogP contribution in [0.15, 0.2) is 54.7 Å². The Kier molecular flexibility index (Phi) is 6.47. The lowest BCUT2D eigenvalue weighted by Crippen LogP contribution is -2.33. The number of benzene rings is 2. The van der Waals surface area contributed by atoms with Crippen molar-refractivity contribution < 1.29 is 35.9 Å². The van der Waals surface area contributed by atoms with Gasteiger partial charge in [0.2, 0.25) is 0 Å². The molecule has 0 atom stereocenters. The first-order chi connectivity index (χ1) is 15.3. The lowest BCUT2D eigenvalue weighted by Gasteiger charge is -2.11. The highest BCUT2D eigenvalue weighted by atomic mass is 19.4. The monoisotopic (exact) mass is 470 g/mol. The molecule has 0 spiro atoms. The van der Waals surface area contributed by atoms with E-state index in [1.165, 1.54) is 54.2 Å². The van der Waals surface area contributed by atoms with Crippen LogP contribution in [0.25, 0.3) is 5.69 Å². The molecule has 0 radical (unpaired) electrons. The zero-order chi connectivity index (χ0) is 24.4. The van der Waals surface area contributed by atoms with Crippen molar-refractivity contribution in [1.82, 2.24) is 15.1 Å². The van der Waals surface area contributed by atoms with Crippen molar-refractivity contribution in [3.8, 4) is 5.69 Å². The Hall–Kier alpha value is -3.83. The molecule has 0 aliphatic rings. The van der Waals surface area contributed by atoms with E-state index < -0.39 is 36.3 Å². The number of halogens is 6. The van der Waals surface area contributed by atoms with Gasteiger partial charge in [-0.3, -0.25) is 9.59 Å². The molecule has 6 nitrogen and oxygen atoms in total. The first kappa shape index (κ1) is 23.8. The Labute approximate surface area is 183 Å². The molecule has 12 heteroatoms. The number of rotatable bonds is 5. The molecule has 2 amide bonds. The molecule has 0 aliphatic carbocycles. The highest BCUT2D eigenvalue weighted by molar-refractivity contribution is 6.05. The molecule has 1 heterocycles. The van der Waals surface area contributed by atoms with Crippen LogP contribution in [0.4, 0.5) is 32.0 Å². The number of nitrogens with zero attached hydrogens (tertiary/aromatic N) is 2. The number of hydrogen-bond donors (Lipinski definition) is 2. The summed E-state index contributed by atoms with van der Waals surface area (Å²) in [5.41, 5.74) is -0.144. The van der Waals surface area contributed by atoms with Crippen molar-refractivity contribution in [2.45, 2.75) is 19.3 Å². The Bertz CT molecular complexity index is 1170. The zero-order valence-electron chi connectivity index (χ0n) is 16.9. The molecular weight excluding hydrogens is 454 g/mol. The van der Waals surface area contributed by atoms with Crippen molar-refractivity contribution in [2.24, 2.45) is 0 Å². The van der Waals surface area contributed by atoms with Crippen molar-refractivity contribution >= 4 is 17.5 Å². The molecule has 174 valence electrons. The maximum Gasteiger partial charge on any atom is 0.416 e. The third kappa shape index (κ3) is 5.90. The minimum atomic E-state index is -4.54. The van der Waals surface area contributed by atoms with Gasteiger partial charge in [0.15, 0.2) is 0 Å². The van der Waals surface area contributed by atoms with Crippen LogP contribution in [-0.4, -0.2) is 34.3 Å². The van der Waals surface area contributed by atoms with Crippen LogP contribution >= 0.6 is 0 Å². The van der Waals surface area contributed by atoms with Crippen LogP contribution in [0.3, 0.4) is 0 Å². The topological polar surface area (TPSA) is 76.0 Å². The van der Waals surface area contributed by atoms with Gasteiger partial charge in [-0.1, -0.05) is 6.07 Å². The zero-order valence-corrected chi connectivity index (χ0v) is 16.9. The van der Waals surface area contributed by atoms with Gasteiger partial charge in [0.1, 0.15) is 6.54 Å². The molecule has 2 aromatic carbocycles. The molecule has 3 aromatic rings. The largest absolute Gasteiger partial charge is 0.416 e. The van der Waals surface area contributed by atoms with Crippen molar-refractivity contribution in [2.75, 3.05) is 11.9 Å². The second kappa shape index (κ2) is 8.96. The summed E-state index contributed by atoms with van der Waals surface area (Å²) in [5.74, 6) is -1.54. The second-order valence-electron chi connectivity index (χ2n) is 6.93. The van der Waals surface area contributed by atoms with Gasteiger partial charge in [-0.05, 0) is 49.4 Å². The first-order valence-corrected chi connectivity index (χ1v) is 9.34.